The Kier molecular flexibility index (Phi) is 7.24. The van der Waals surface area contributed by atoms with Gasteiger partial charge in [-0.05, 0) is 65.7 Å². The van der Waals surface area contributed by atoms with Gasteiger partial charge in [0.25, 0.3) is 0 Å². The molecule has 12 aromatic rings. The molecule has 0 unspecified atom stereocenters. The van der Waals surface area contributed by atoms with Crippen LogP contribution < -0.4 is 0 Å². The van der Waals surface area contributed by atoms with Crippen molar-refractivity contribution in [1.29, 1.82) is 0 Å². The van der Waals surface area contributed by atoms with Crippen molar-refractivity contribution in [3.8, 4) is 51.0 Å². The van der Waals surface area contributed by atoms with E-state index in [1.54, 1.807) is 11.3 Å². The smallest absolute Gasteiger partial charge is 0.165 e. The van der Waals surface area contributed by atoms with E-state index in [2.05, 4.69) is 150 Å². The first-order chi connectivity index (χ1) is 28.2. The topological polar surface area (TPSA) is 43.6 Å². The van der Waals surface area contributed by atoms with Crippen molar-refractivity contribution in [3.63, 3.8) is 0 Å². The molecule has 0 atom stereocenters. The molecule has 8 aromatic carbocycles. The lowest BCUT2D eigenvalue weighted by molar-refractivity contribution is 1.08. The number of benzene rings is 8. The van der Waals surface area contributed by atoms with Gasteiger partial charge >= 0.3 is 0 Å². The summed E-state index contributed by atoms with van der Waals surface area (Å²) in [7, 11) is 0. The molecular weight excluding hydrogens is 733 g/mol. The van der Waals surface area contributed by atoms with Crippen molar-refractivity contribution in [1.82, 2.24) is 19.5 Å². The average molecular weight is 763 g/mol. The Morgan fingerprint density at radius 2 is 0.965 bits per heavy atom. The molecule has 4 heterocycles. The van der Waals surface area contributed by atoms with Gasteiger partial charge in [0.15, 0.2) is 17.5 Å². The van der Waals surface area contributed by atoms with E-state index in [4.69, 9.17) is 15.0 Å². The minimum absolute atomic E-state index is 0.661. The fourth-order valence-corrected chi connectivity index (χ4v) is 10.8. The number of thiophene rings is 2. The zero-order chi connectivity index (χ0) is 37.5. The summed E-state index contributed by atoms with van der Waals surface area (Å²) in [6.45, 7) is 0. The molecule has 0 saturated carbocycles. The van der Waals surface area contributed by atoms with Crippen LogP contribution in [0.15, 0.2) is 182 Å². The minimum Gasteiger partial charge on any atom is -0.309 e. The average Bonchev–Trinajstić information content (AvgIpc) is 3.95. The summed E-state index contributed by atoms with van der Waals surface area (Å²) in [6, 6.07) is 64.9. The van der Waals surface area contributed by atoms with Crippen molar-refractivity contribution >= 4 is 84.8 Å². The van der Waals surface area contributed by atoms with E-state index in [1.807, 2.05) is 47.7 Å². The second-order valence-corrected chi connectivity index (χ2v) is 16.5. The summed E-state index contributed by atoms with van der Waals surface area (Å²) in [6.07, 6.45) is 0. The molecule has 0 saturated heterocycles. The Bertz CT molecular complexity index is 3450. The molecule has 0 fully saturated rings. The molecule has 57 heavy (non-hydrogen) atoms. The van der Waals surface area contributed by atoms with Crippen LogP contribution in [-0.2, 0) is 0 Å². The second kappa shape index (κ2) is 12.8. The highest BCUT2D eigenvalue weighted by atomic mass is 32.1. The van der Waals surface area contributed by atoms with Gasteiger partial charge in [0.1, 0.15) is 0 Å². The van der Waals surface area contributed by atoms with Crippen LogP contribution in [0.3, 0.4) is 0 Å². The molecule has 0 spiro atoms. The van der Waals surface area contributed by atoms with Gasteiger partial charge in [0.05, 0.1) is 11.0 Å². The fourth-order valence-electron chi connectivity index (χ4n) is 8.45. The number of nitrogens with zero attached hydrogens (tertiary/aromatic N) is 4. The zero-order valence-corrected chi connectivity index (χ0v) is 32.1. The molecule has 0 aliphatic rings. The molecule has 12 rings (SSSR count). The lowest BCUT2D eigenvalue weighted by atomic mass is 9.97. The van der Waals surface area contributed by atoms with Crippen LogP contribution in [0.4, 0.5) is 0 Å². The Hall–Kier alpha value is -6.99. The number of rotatable bonds is 5. The second-order valence-electron chi connectivity index (χ2n) is 14.4. The largest absolute Gasteiger partial charge is 0.309 e. The Morgan fingerprint density at radius 1 is 0.351 bits per heavy atom. The summed E-state index contributed by atoms with van der Waals surface area (Å²) < 4.78 is 7.45. The third-order valence-electron chi connectivity index (χ3n) is 11.1. The standard InChI is InChI=1S/C51H30N4S2/c1-4-14-31(15-5-1)49-52-50(32-16-6-2-7-17-32)54-51(53-49)38-23-12-22-37-47-35(21-13-25-45(47)57-48(37)38)33-26-27-42-39(28-33)40-30-46-41(36-20-10-11-24-44(36)56-46)29-43(40)55(42)34-18-8-3-9-19-34/h1-30H. The highest BCUT2D eigenvalue weighted by Gasteiger charge is 2.20. The first-order valence-electron chi connectivity index (χ1n) is 19.0. The monoisotopic (exact) mass is 762 g/mol. The van der Waals surface area contributed by atoms with Crippen molar-refractivity contribution in [2.45, 2.75) is 0 Å². The summed E-state index contributed by atoms with van der Waals surface area (Å²) in [5, 5.41) is 7.57. The van der Waals surface area contributed by atoms with E-state index in [0.29, 0.717) is 17.5 Å². The molecule has 4 aromatic heterocycles. The van der Waals surface area contributed by atoms with Crippen molar-refractivity contribution in [3.05, 3.63) is 182 Å². The molecule has 0 aliphatic carbocycles. The van der Waals surface area contributed by atoms with Gasteiger partial charge < -0.3 is 4.57 Å². The van der Waals surface area contributed by atoms with E-state index in [9.17, 15) is 0 Å². The van der Waals surface area contributed by atoms with Gasteiger partial charge in [-0.15, -0.1) is 22.7 Å². The third-order valence-corrected chi connectivity index (χ3v) is 13.4. The molecular formula is C51H30N4S2. The number of hydrogen-bond acceptors (Lipinski definition) is 5. The van der Waals surface area contributed by atoms with Crippen LogP contribution in [0.5, 0.6) is 0 Å². The molecule has 6 heteroatoms. The summed E-state index contributed by atoms with van der Waals surface area (Å²) in [4.78, 5) is 15.2. The van der Waals surface area contributed by atoms with E-state index >= 15 is 0 Å². The van der Waals surface area contributed by atoms with Gasteiger partial charge in [-0.1, -0.05) is 127 Å². The highest BCUT2D eigenvalue weighted by molar-refractivity contribution is 7.26. The number of fused-ring (bicyclic) bond motifs is 9. The normalized spacial score (nSPS) is 11.9. The van der Waals surface area contributed by atoms with Crippen LogP contribution in [0, 0.1) is 0 Å². The van der Waals surface area contributed by atoms with Gasteiger partial charge in [-0.2, -0.15) is 0 Å². The van der Waals surface area contributed by atoms with Gasteiger partial charge in [0, 0.05) is 73.5 Å². The van der Waals surface area contributed by atoms with Crippen LogP contribution in [0.1, 0.15) is 0 Å². The summed E-state index contributed by atoms with van der Waals surface area (Å²) in [5.41, 5.74) is 8.91. The molecule has 0 amide bonds. The maximum atomic E-state index is 5.11. The van der Waals surface area contributed by atoms with Crippen LogP contribution >= 0.6 is 22.7 Å². The van der Waals surface area contributed by atoms with Gasteiger partial charge in [0.2, 0.25) is 0 Å². The quantitative estimate of drug-likeness (QED) is 0.175. The van der Waals surface area contributed by atoms with E-state index in [0.717, 1.165) is 27.1 Å². The number of hydrogen-bond donors (Lipinski definition) is 0. The van der Waals surface area contributed by atoms with Crippen molar-refractivity contribution < 1.29 is 0 Å². The number of aromatic nitrogens is 4. The maximum absolute atomic E-state index is 5.11. The lowest BCUT2D eigenvalue weighted by Crippen LogP contribution is -2.00. The molecule has 0 bridgehead atoms. The SMILES string of the molecule is c1ccc(-c2nc(-c3ccccc3)nc(-c3cccc4c3sc3cccc(-c5ccc6c(c5)c5cc7sc8ccccc8c7cc5n6-c5ccccc5)c34)n2)cc1. The third kappa shape index (κ3) is 5.15. The maximum Gasteiger partial charge on any atom is 0.165 e. The minimum atomic E-state index is 0.661. The van der Waals surface area contributed by atoms with E-state index in [-0.39, 0.29) is 0 Å². The lowest BCUT2D eigenvalue weighted by Gasteiger charge is -2.10. The summed E-state index contributed by atoms with van der Waals surface area (Å²) in [5.74, 6) is 1.99. The van der Waals surface area contributed by atoms with Gasteiger partial charge in [-0.25, -0.2) is 15.0 Å². The first kappa shape index (κ1) is 32.3. The molecule has 0 radical (unpaired) electrons. The van der Waals surface area contributed by atoms with Crippen LogP contribution in [-0.4, -0.2) is 19.5 Å². The van der Waals surface area contributed by atoms with Crippen LogP contribution in [0.25, 0.3) is 113 Å². The van der Waals surface area contributed by atoms with Crippen molar-refractivity contribution in [2.75, 3.05) is 0 Å². The van der Waals surface area contributed by atoms with Gasteiger partial charge in [-0.3, -0.25) is 0 Å². The van der Waals surface area contributed by atoms with Crippen LogP contribution in [0.2, 0.25) is 0 Å². The Labute approximate surface area is 335 Å². The molecule has 0 aliphatic heterocycles. The Balaban J connectivity index is 1.07. The highest BCUT2D eigenvalue weighted by Crippen LogP contribution is 2.46. The van der Waals surface area contributed by atoms with Crippen molar-refractivity contribution in [2.24, 2.45) is 0 Å². The predicted molar refractivity (Wildman–Crippen MR) is 242 cm³/mol. The molecule has 0 N–H and O–H groups in total. The number of para-hydroxylation sites is 1. The Morgan fingerprint density at radius 3 is 1.74 bits per heavy atom. The van der Waals surface area contributed by atoms with E-state index < -0.39 is 0 Å². The fraction of sp³-hybridized carbons (Fsp3) is 0. The predicted octanol–water partition coefficient (Wildman–Crippen LogP) is 14.4. The zero-order valence-electron chi connectivity index (χ0n) is 30.4. The molecule has 266 valence electrons. The summed E-state index contributed by atoms with van der Waals surface area (Å²) >= 11 is 3.67. The first-order valence-corrected chi connectivity index (χ1v) is 20.7. The van der Waals surface area contributed by atoms with E-state index in [1.165, 1.54) is 68.6 Å². The molecule has 4 nitrogen and oxygen atoms in total.